The summed E-state index contributed by atoms with van der Waals surface area (Å²) < 4.78 is 37.3. The Morgan fingerprint density at radius 2 is 1.81 bits per heavy atom. The molecule has 6 nitrogen and oxygen atoms in total. The van der Waals surface area contributed by atoms with Crippen LogP contribution in [-0.2, 0) is 20.9 Å². The van der Waals surface area contributed by atoms with Gasteiger partial charge in [-0.05, 0) is 24.8 Å². The van der Waals surface area contributed by atoms with Crippen LogP contribution < -0.4 is 5.32 Å². The summed E-state index contributed by atoms with van der Waals surface area (Å²) in [6, 6.07) is 8.75. The summed E-state index contributed by atoms with van der Waals surface area (Å²) in [5.41, 5.74) is -1.62. The van der Waals surface area contributed by atoms with E-state index in [9.17, 15) is 23.5 Å². The van der Waals surface area contributed by atoms with Crippen molar-refractivity contribution in [3.63, 3.8) is 0 Å². The smallest absolute Gasteiger partial charge is 0.409 e. The van der Waals surface area contributed by atoms with Gasteiger partial charge in [-0.1, -0.05) is 44.2 Å². The predicted octanol–water partition coefficient (Wildman–Crippen LogP) is 3.24. The minimum Gasteiger partial charge on any atom is -0.462 e. The zero-order valence-corrected chi connectivity index (χ0v) is 15.1. The second-order valence-corrected chi connectivity index (χ2v) is 6.42. The van der Waals surface area contributed by atoms with Crippen molar-refractivity contribution in [1.29, 1.82) is 0 Å². The average Bonchev–Trinajstić information content (AvgIpc) is 2.52. The fourth-order valence-corrected chi connectivity index (χ4v) is 2.47. The second-order valence-electron chi connectivity index (χ2n) is 6.42. The molecule has 0 spiro atoms. The minimum atomic E-state index is -3.95. The van der Waals surface area contributed by atoms with E-state index >= 15 is 0 Å². The van der Waals surface area contributed by atoms with Crippen LogP contribution in [0.25, 0.3) is 0 Å². The summed E-state index contributed by atoms with van der Waals surface area (Å²) in [4.78, 5) is 23.3. The van der Waals surface area contributed by atoms with E-state index in [4.69, 9.17) is 4.74 Å². The zero-order chi connectivity index (χ0) is 19.8. The van der Waals surface area contributed by atoms with E-state index in [2.05, 4.69) is 10.1 Å². The van der Waals surface area contributed by atoms with Gasteiger partial charge in [0.2, 0.25) is 0 Å². The molecule has 0 aliphatic heterocycles. The number of hydrogen-bond acceptors (Lipinski definition) is 5. The van der Waals surface area contributed by atoms with Gasteiger partial charge in [-0.2, -0.15) is 8.78 Å². The number of hydrogen-bond donors (Lipinski definition) is 2. The first-order valence-corrected chi connectivity index (χ1v) is 8.34. The molecule has 1 aromatic rings. The zero-order valence-electron chi connectivity index (χ0n) is 15.1. The first-order valence-electron chi connectivity index (χ1n) is 8.34. The fraction of sp³-hybridized carbons (Fsp3) is 0.556. The molecule has 0 heterocycles. The van der Waals surface area contributed by atoms with Crippen molar-refractivity contribution >= 4 is 12.1 Å². The SMILES string of the molecule is CCOC(=O)C(F)(F)CC(O)(CC(C)C)NC(=O)OCc1ccccc1. The summed E-state index contributed by atoms with van der Waals surface area (Å²) in [6.07, 6.45) is -2.56. The first-order chi connectivity index (χ1) is 12.1. The highest BCUT2D eigenvalue weighted by atomic mass is 19.3. The molecule has 0 bridgehead atoms. The lowest BCUT2D eigenvalue weighted by Crippen LogP contribution is -2.54. The number of amides is 1. The Morgan fingerprint density at radius 1 is 1.19 bits per heavy atom. The quantitative estimate of drug-likeness (QED) is 0.513. The van der Waals surface area contributed by atoms with E-state index in [1.807, 2.05) is 0 Å². The average molecular weight is 373 g/mol. The van der Waals surface area contributed by atoms with Crippen LogP contribution in [0.15, 0.2) is 30.3 Å². The van der Waals surface area contributed by atoms with E-state index in [0.717, 1.165) is 0 Å². The Hall–Kier alpha value is -2.22. The number of aliphatic hydroxyl groups is 1. The number of esters is 1. The van der Waals surface area contributed by atoms with Crippen molar-refractivity contribution in [3.8, 4) is 0 Å². The van der Waals surface area contributed by atoms with Gasteiger partial charge in [0.05, 0.1) is 13.0 Å². The molecule has 1 amide bonds. The molecule has 1 aromatic carbocycles. The number of alkyl carbamates (subject to hydrolysis) is 1. The number of carbonyl (C=O) groups excluding carboxylic acids is 2. The molecule has 1 rings (SSSR count). The molecule has 1 unspecified atom stereocenters. The Labute approximate surface area is 151 Å². The number of rotatable bonds is 9. The monoisotopic (exact) mass is 373 g/mol. The van der Waals surface area contributed by atoms with Crippen molar-refractivity contribution in [2.75, 3.05) is 6.61 Å². The van der Waals surface area contributed by atoms with Gasteiger partial charge >= 0.3 is 18.0 Å². The predicted molar refractivity (Wildman–Crippen MR) is 90.4 cm³/mol. The van der Waals surface area contributed by atoms with Crippen molar-refractivity contribution in [1.82, 2.24) is 5.32 Å². The van der Waals surface area contributed by atoms with Gasteiger partial charge in [-0.3, -0.25) is 5.32 Å². The Morgan fingerprint density at radius 3 is 2.35 bits per heavy atom. The summed E-state index contributed by atoms with van der Waals surface area (Å²) in [5, 5.41) is 12.6. The van der Waals surface area contributed by atoms with Crippen LogP contribution >= 0.6 is 0 Å². The minimum absolute atomic E-state index is 0.0846. The molecule has 0 saturated heterocycles. The molecule has 26 heavy (non-hydrogen) atoms. The Balaban J connectivity index is 2.77. The third-order valence-corrected chi connectivity index (χ3v) is 3.38. The van der Waals surface area contributed by atoms with Gasteiger partial charge in [0.15, 0.2) is 0 Å². The van der Waals surface area contributed by atoms with E-state index in [0.29, 0.717) is 5.56 Å². The molecule has 146 valence electrons. The van der Waals surface area contributed by atoms with Gasteiger partial charge in [0, 0.05) is 0 Å². The molecular weight excluding hydrogens is 348 g/mol. The lowest BCUT2D eigenvalue weighted by atomic mass is 9.94. The third kappa shape index (κ3) is 7.35. The van der Waals surface area contributed by atoms with Crippen LogP contribution in [-0.4, -0.2) is 35.4 Å². The highest BCUT2D eigenvalue weighted by molar-refractivity contribution is 5.77. The van der Waals surface area contributed by atoms with E-state index in [-0.39, 0.29) is 25.6 Å². The topological polar surface area (TPSA) is 84.9 Å². The first kappa shape index (κ1) is 21.8. The molecule has 0 aliphatic carbocycles. The van der Waals surface area contributed by atoms with Gasteiger partial charge in [-0.25, -0.2) is 9.59 Å². The molecule has 1 atom stereocenters. The van der Waals surface area contributed by atoms with Crippen molar-refractivity contribution < 1.29 is 33.0 Å². The molecule has 0 aromatic heterocycles. The van der Waals surface area contributed by atoms with Crippen LogP contribution in [0, 0.1) is 5.92 Å². The highest BCUT2D eigenvalue weighted by Crippen LogP contribution is 2.30. The molecule has 0 radical (unpaired) electrons. The van der Waals surface area contributed by atoms with Gasteiger partial charge in [0.25, 0.3) is 0 Å². The largest absolute Gasteiger partial charge is 0.462 e. The molecule has 8 heteroatoms. The molecular formula is C18H25F2NO5. The standard InChI is InChI=1S/C18H25F2NO5/c1-4-25-15(22)18(19,20)12-17(24,10-13(2)3)21-16(23)26-11-14-8-6-5-7-9-14/h5-9,13,24H,4,10-12H2,1-3H3,(H,21,23). The number of nitrogens with one attached hydrogen (secondary N) is 1. The maximum atomic E-state index is 14.0. The van der Waals surface area contributed by atoms with Crippen LogP contribution in [0.5, 0.6) is 0 Å². The molecule has 0 aliphatic rings. The maximum Gasteiger partial charge on any atom is 0.409 e. The second kappa shape index (κ2) is 9.47. The normalized spacial score (nSPS) is 13.8. The third-order valence-electron chi connectivity index (χ3n) is 3.38. The van der Waals surface area contributed by atoms with E-state index in [1.54, 1.807) is 44.2 Å². The van der Waals surface area contributed by atoms with Crippen LogP contribution in [0.2, 0.25) is 0 Å². The highest BCUT2D eigenvalue weighted by Gasteiger charge is 2.49. The molecule has 0 saturated carbocycles. The Kier molecular flexibility index (Phi) is 7.95. The van der Waals surface area contributed by atoms with Gasteiger partial charge < -0.3 is 14.6 Å². The van der Waals surface area contributed by atoms with Crippen molar-refractivity contribution in [2.24, 2.45) is 5.92 Å². The number of ether oxygens (including phenoxy) is 2. The number of halogens is 2. The van der Waals surface area contributed by atoms with Crippen molar-refractivity contribution in [2.45, 2.75) is 51.9 Å². The Bertz CT molecular complexity index is 595. The lowest BCUT2D eigenvalue weighted by molar-refractivity contribution is -0.183. The molecule has 0 fully saturated rings. The maximum absolute atomic E-state index is 14.0. The number of alkyl halides is 2. The van der Waals surface area contributed by atoms with Crippen LogP contribution in [0.1, 0.15) is 39.2 Å². The lowest BCUT2D eigenvalue weighted by Gasteiger charge is -2.32. The summed E-state index contributed by atoms with van der Waals surface area (Å²) >= 11 is 0. The summed E-state index contributed by atoms with van der Waals surface area (Å²) in [7, 11) is 0. The van der Waals surface area contributed by atoms with Gasteiger partial charge in [-0.15, -0.1) is 0 Å². The van der Waals surface area contributed by atoms with Crippen molar-refractivity contribution in [3.05, 3.63) is 35.9 Å². The summed E-state index contributed by atoms with van der Waals surface area (Å²) in [6.45, 7) is 4.46. The van der Waals surface area contributed by atoms with Crippen LogP contribution in [0.3, 0.4) is 0 Å². The van der Waals surface area contributed by atoms with E-state index in [1.165, 1.54) is 6.92 Å². The number of benzene rings is 1. The fourth-order valence-electron chi connectivity index (χ4n) is 2.47. The summed E-state index contributed by atoms with van der Waals surface area (Å²) in [5.74, 6) is -5.93. The van der Waals surface area contributed by atoms with Gasteiger partial charge in [0.1, 0.15) is 12.3 Å². The van der Waals surface area contributed by atoms with Crippen LogP contribution in [0.4, 0.5) is 13.6 Å². The number of carbonyl (C=O) groups is 2. The molecule has 2 N–H and O–H groups in total. The van der Waals surface area contributed by atoms with E-state index < -0.39 is 30.1 Å².